The lowest BCUT2D eigenvalue weighted by molar-refractivity contribution is -0.0405. The van der Waals surface area contributed by atoms with Crippen LogP contribution in [0.3, 0.4) is 0 Å². The minimum atomic E-state index is 0.410. The van der Waals surface area contributed by atoms with E-state index in [1.54, 1.807) is 0 Å². The summed E-state index contributed by atoms with van der Waals surface area (Å²) in [6.45, 7) is 7.65. The van der Waals surface area contributed by atoms with Crippen LogP contribution in [0.2, 0.25) is 0 Å². The van der Waals surface area contributed by atoms with E-state index in [1.165, 1.54) is 29.5 Å². The lowest BCUT2D eigenvalue weighted by Crippen LogP contribution is -2.45. The first-order valence-corrected chi connectivity index (χ1v) is 7.78. The predicted octanol–water partition coefficient (Wildman–Crippen LogP) is 2.43. The van der Waals surface area contributed by atoms with Crippen LogP contribution in [0, 0.1) is 13.8 Å². The van der Waals surface area contributed by atoms with Crippen LogP contribution in [0.5, 0.6) is 0 Å². The third-order valence-electron chi connectivity index (χ3n) is 4.71. The van der Waals surface area contributed by atoms with Gasteiger partial charge in [-0.15, -0.1) is 0 Å². The molecule has 1 N–H and O–H groups in total. The molecule has 1 aromatic rings. The number of fused-ring (bicyclic) bond motifs is 2. The van der Waals surface area contributed by atoms with Gasteiger partial charge in [0, 0.05) is 25.7 Å². The van der Waals surface area contributed by atoms with Crippen LogP contribution >= 0.6 is 0 Å². The molecule has 3 heteroatoms. The minimum absolute atomic E-state index is 0.410. The molecule has 0 aliphatic carbocycles. The molecule has 3 rings (SSSR count). The highest BCUT2D eigenvalue weighted by molar-refractivity contribution is 5.33. The van der Waals surface area contributed by atoms with Crippen LogP contribution in [-0.2, 0) is 4.74 Å². The van der Waals surface area contributed by atoms with E-state index in [1.807, 2.05) is 0 Å². The average molecular weight is 274 g/mol. The Labute approximate surface area is 122 Å². The molecule has 2 saturated heterocycles. The molecule has 2 bridgehead atoms. The van der Waals surface area contributed by atoms with Crippen molar-refractivity contribution in [3.8, 4) is 0 Å². The van der Waals surface area contributed by atoms with Gasteiger partial charge in [0.15, 0.2) is 0 Å². The molecule has 3 atom stereocenters. The van der Waals surface area contributed by atoms with Crippen molar-refractivity contribution >= 4 is 0 Å². The number of nitrogens with zero attached hydrogens (tertiary/aromatic N) is 1. The van der Waals surface area contributed by atoms with Crippen molar-refractivity contribution in [2.45, 2.75) is 44.9 Å². The molecule has 2 aliphatic heterocycles. The molecule has 0 amide bonds. The molecule has 1 aromatic carbocycles. The Morgan fingerprint density at radius 2 is 1.95 bits per heavy atom. The zero-order valence-corrected chi connectivity index (χ0v) is 12.9. The summed E-state index contributed by atoms with van der Waals surface area (Å²) in [7, 11) is 2.07. The number of rotatable bonds is 4. The Kier molecular flexibility index (Phi) is 4.11. The monoisotopic (exact) mass is 274 g/mol. The second-order valence-corrected chi connectivity index (χ2v) is 6.38. The molecule has 3 unspecified atom stereocenters. The van der Waals surface area contributed by atoms with E-state index < -0.39 is 0 Å². The van der Waals surface area contributed by atoms with E-state index in [0.717, 1.165) is 19.6 Å². The first-order valence-electron chi connectivity index (χ1n) is 7.78. The number of morpholine rings is 1. The molecule has 0 radical (unpaired) electrons. The van der Waals surface area contributed by atoms with Crippen LogP contribution in [0.1, 0.15) is 35.6 Å². The summed E-state index contributed by atoms with van der Waals surface area (Å²) in [4.78, 5) is 2.58. The molecule has 2 aliphatic rings. The largest absolute Gasteiger partial charge is 0.372 e. The van der Waals surface area contributed by atoms with Crippen LogP contribution < -0.4 is 5.32 Å². The van der Waals surface area contributed by atoms with Crippen LogP contribution in [0.15, 0.2) is 18.2 Å². The number of aryl methyl sites for hydroxylation is 2. The van der Waals surface area contributed by atoms with Crippen molar-refractivity contribution in [2.75, 3.05) is 26.7 Å². The van der Waals surface area contributed by atoms with Crippen molar-refractivity contribution in [3.63, 3.8) is 0 Å². The normalized spacial score (nSPS) is 27.8. The van der Waals surface area contributed by atoms with Crippen LogP contribution in [-0.4, -0.2) is 43.8 Å². The molecule has 0 spiro atoms. The summed E-state index contributed by atoms with van der Waals surface area (Å²) < 4.78 is 5.93. The summed E-state index contributed by atoms with van der Waals surface area (Å²) in [6, 6.07) is 7.19. The van der Waals surface area contributed by atoms with Gasteiger partial charge in [-0.25, -0.2) is 0 Å². The van der Waals surface area contributed by atoms with E-state index in [2.05, 4.69) is 49.3 Å². The quantitative estimate of drug-likeness (QED) is 0.912. The van der Waals surface area contributed by atoms with E-state index in [9.17, 15) is 0 Å². The van der Waals surface area contributed by atoms with Crippen molar-refractivity contribution < 1.29 is 4.74 Å². The maximum Gasteiger partial charge on any atom is 0.0707 e. The van der Waals surface area contributed by atoms with Gasteiger partial charge >= 0.3 is 0 Å². The molecule has 20 heavy (non-hydrogen) atoms. The Balaban J connectivity index is 1.70. The maximum atomic E-state index is 5.93. The van der Waals surface area contributed by atoms with Gasteiger partial charge < -0.3 is 10.1 Å². The summed E-state index contributed by atoms with van der Waals surface area (Å²) in [5.74, 6) is 0. The summed E-state index contributed by atoms with van der Waals surface area (Å²) in [5.41, 5.74) is 4.16. The first kappa shape index (κ1) is 14.1. The number of hydrogen-bond donors (Lipinski definition) is 1. The molecule has 0 aromatic heterocycles. The van der Waals surface area contributed by atoms with Gasteiger partial charge in [-0.3, -0.25) is 4.90 Å². The van der Waals surface area contributed by atoms with Gasteiger partial charge in [0.25, 0.3) is 0 Å². The lowest BCUT2D eigenvalue weighted by atomic mass is 9.98. The fourth-order valence-corrected chi connectivity index (χ4v) is 3.67. The molecular weight excluding hydrogens is 248 g/mol. The molecular formula is C17H26N2O. The smallest absolute Gasteiger partial charge is 0.0707 e. The second kappa shape index (κ2) is 5.84. The zero-order valence-electron chi connectivity index (χ0n) is 12.9. The van der Waals surface area contributed by atoms with Gasteiger partial charge in [0.2, 0.25) is 0 Å². The van der Waals surface area contributed by atoms with Gasteiger partial charge in [-0.05, 0) is 44.9 Å². The van der Waals surface area contributed by atoms with Crippen molar-refractivity contribution in [1.29, 1.82) is 0 Å². The second-order valence-electron chi connectivity index (χ2n) is 6.38. The molecule has 2 fully saturated rings. The first-order chi connectivity index (χ1) is 9.65. The lowest BCUT2D eigenvalue weighted by Gasteiger charge is -2.35. The van der Waals surface area contributed by atoms with E-state index in [-0.39, 0.29) is 0 Å². The van der Waals surface area contributed by atoms with Crippen LogP contribution in [0.4, 0.5) is 0 Å². The standard InChI is InChI=1S/C17H26N2O/c1-12-4-7-16(13(2)8-12)17(18-3)11-19-9-14-5-6-15(10-19)20-14/h4,7-8,14-15,17-18H,5-6,9-11H2,1-3H3. The Morgan fingerprint density at radius 1 is 1.25 bits per heavy atom. The number of ether oxygens (including phenoxy) is 1. The minimum Gasteiger partial charge on any atom is -0.372 e. The Hall–Kier alpha value is -0.900. The SMILES string of the molecule is CNC(CN1CC2CCC(C1)O2)c1ccc(C)cc1C. The maximum absolute atomic E-state index is 5.93. The molecule has 2 heterocycles. The third kappa shape index (κ3) is 2.90. The van der Waals surface area contributed by atoms with E-state index >= 15 is 0 Å². The van der Waals surface area contributed by atoms with Gasteiger partial charge in [0.05, 0.1) is 12.2 Å². The number of hydrogen-bond acceptors (Lipinski definition) is 3. The van der Waals surface area contributed by atoms with Gasteiger partial charge in [0.1, 0.15) is 0 Å². The highest BCUT2D eigenvalue weighted by Gasteiger charge is 2.34. The Bertz CT molecular complexity index is 462. The van der Waals surface area contributed by atoms with Crippen molar-refractivity contribution in [1.82, 2.24) is 10.2 Å². The summed E-state index contributed by atoms with van der Waals surface area (Å²) >= 11 is 0. The number of likely N-dealkylation sites (tertiary alicyclic amines) is 1. The number of benzene rings is 1. The molecule has 0 saturated carbocycles. The summed E-state index contributed by atoms with van der Waals surface area (Å²) in [6.07, 6.45) is 3.44. The molecule has 3 nitrogen and oxygen atoms in total. The third-order valence-corrected chi connectivity index (χ3v) is 4.71. The van der Waals surface area contributed by atoms with E-state index in [4.69, 9.17) is 4.74 Å². The fourth-order valence-electron chi connectivity index (χ4n) is 3.67. The fraction of sp³-hybridized carbons (Fsp3) is 0.647. The zero-order chi connectivity index (χ0) is 14.1. The molecule has 110 valence electrons. The number of likely N-dealkylation sites (N-methyl/N-ethyl adjacent to an activating group) is 1. The van der Waals surface area contributed by atoms with E-state index in [0.29, 0.717) is 18.2 Å². The average Bonchev–Trinajstić information content (AvgIpc) is 2.76. The van der Waals surface area contributed by atoms with Crippen LogP contribution in [0.25, 0.3) is 0 Å². The van der Waals surface area contributed by atoms with Gasteiger partial charge in [-0.2, -0.15) is 0 Å². The number of nitrogens with one attached hydrogen (secondary N) is 1. The van der Waals surface area contributed by atoms with Crippen molar-refractivity contribution in [3.05, 3.63) is 34.9 Å². The van der Waals surface area contributed by atoms with Crippen molar-refractivity contribution in [2.24, 2.45) is 0 Å². The highest BCUT2D eigenvalue weighted by Crippen LogP contribution is 2.28. The topological polar surface area (TPSA) is 24.5 Å². The predicted molar refractivity (Wildman–Crippen MR) is 82.1 cm³/mol. The highest BCUT2D eigenvalue weighted by atomic mass is 16.5. The summed E-state index contributed by atoms with van der Waals surface area (Å²) in [5, 5.41) is 3.49. The Morgan fingerprint density at radius 3 is 2.55 bits per heavy atom. The van der Waals surface area contributed by atoms with Gasteiger partial charge in [-0.1, -0.05) is 23.8 Å².